The Morgan fingerprint density at radius 3 is 2.19 bits per heavy atom. The first-order valence-corrected chi connectivity index (χ1v) is 9.12. The summed E-state index contributed by atoms with van der Waals surface area (Å²) < 4.78 is 0. The molecule has 21 heavy (non-hydrogen) atoms. The number of hydrogen-bond acceptors (Lipinski definition) is 3. The van der Waals surface area contributed by atoms with E-state index in [0.717, 1.165) is 24.0 Å². The van der Waals surface area contributed by atoms with Crippen LogP contribution in [0.4, 0.5) is 0 Å². The lowest BCUT2D eigenvalue weighted by Crippen LogP contribution is -2.47. The topological polar surface area (TPSA) is 9.72 Å². The smallest absolute Gasteiger partial charge is 0.0113 e. The van der Waals surface area contributed by atoms with Crippen LogP contribution >= 0.6 is 0 Å². The van der Waals surface area contributed by atoms with E-state index in [0.29, 0.717) is 0 Å². The van der Waals surface area contributed by atoms with Crippen LogP contribution in [0.25, 0.3) is 0 Å². The normalized spacial score (nSPS) is 28.4. The Kier molecular flexibility index (Phi) is 6.51. The standard InChI is InChI=1S/C18H37N3/c1-15(2)21-10-6-7-17(14-21)13-16(3)20-11-8-18(9-12-20)19(4)5/h15-18H,6-14H2,1-5H3. The molecule has 0 spiro atoms. The fourth-order valence-corrected chi connectivity index (χ4v) is 4.23. The largest absolute Gasteiger partial charge is 0.306 e. The quantitative estimate of drug-likeness (QED) is 0.772. The van der Waals surface area contributed by atoms with Gasteiger partial charge in [-0.25, -0.2) is 0 Å². The predicted molar refractivity (Wildman–Crippen MR) is 91.8 cm³/mol. The average Bonchev–Trinajstić information content (AvgIpc) is 2.47. The highest BCUT2D eigenvalue weighted by molar-refractivity contribution is 4.83. The van der Waals surface area contributed by atoms with Gasteiger partial charge >= 0.3 is 0 Å². The summed E-state index contributed by atoms with van der Waals surface area (Å²) in [5, 5.41) is 0. The van der Waals surface area contributed by atoms with E-state index in [-0.39, 0.29) is 0 Å². The fraction of sp³-hybridized carbons (Fsp3) is 1.00. The van der Waals surface area contributed by atoms with Crippen LogP contribution in [0.1, 0.15) is 52.9 Å². The lowest BCUT2D eigenvalue weighted by atomic mass is 9.90. The number of rotatable bonds is 5. The van der Waals surface area contributed by atoms with Gasteiger partial charge in [-0.2, -0.15) is 0 Å². The zero-order valence-electron chi connectivity index (χ0n) is 15.0. The van der Waals surface area contributed by atoms with Gasteiger partial charge in [0.2, 0.25) is 0 Å². The Morgan fingerprint density at radius 1 is 0.952 bits per heavy atom. The summed E-state index contributed by atoms with van der Waals surface area (Å²) in [5.74, 6) is 0.919. The molecule has 0 saturated carbocycles. The van der Waals surface area contributed by atoms with Crippen molar-refractivity contribution in [3.8, 4) is 0 Å². The molecule has 0 amide bonds. The summed E-state index contributed by atoms with van der Waals surface area (Å²) in [6.07, 6.45) is 6.94. The first-order chi connectivity index (χ1) is 9.97. The van der Waals surface area contributed by atoms with Crippen LogP contribution in [-0.2, 0) is 0 Å². The summed E-state index contributed by atoms with van der Waals surface area (Å²) in [6.45, 7) is 12.4. The summed E-state index contributed by atoms with van der Waals surface area (Å²) >= 11 is 0. The van der Waals surface area contributed by atoms with Crippen LogP contribution in [0, 0.1) is 5.92 Å². The number of piperidine rings is 2. The van der Waals surface area contributed by atoms with Crippen molar-refractivity contribution in [3.63, 3.8) is 0 Å². The number of likely N-dealkylation sites (tertiary alicyclic amines) is 2. The van der Waals surface area contributed by atoms with Gasteiger partial charge in [-0.1, -0.05) is 0 Å². The highest BCUT2D eigenvalue weighted by Gasteiger charge is 2.27. The van der Waals surface area contributed by atoms with Gasteiger partial charge in [0.05, 0.1) is 0 Å². The van der Waals surface area contributed by atoms with Crippen LogP contribution < -0.4 is 0 Å². The minimum atomic E-state index is 0.721. The molecule has 2 aliphatic rings. The van der Waals surface area contributed by atoms with Gasteiger partial charge in [0.1, 0.15) is 0 Å². The summed E-state index contributed by atoms with van der Waals surface area (Å²) in [7, 11) is 4.46. The van der Waals surface area contributed by atoms with E-state index in [2.05, 4.69) is 49.6 Å². The summed E-state index contributed by atoms with van der Waals surface area (Å²) in [5.41, 5.74) is 0. The lowest BCUT2D eigenvalue weighted by molar-refractivity contribution is 0.0804. The first-order valence-electron chi connectivity index (χ1n) is 9.12. The van der Waals surface area contributed by atoms with Crippen molar-refractivity contribution in [1.29, 1.82) is 0 Å². The average molecular weight is 296 g/mol. The molecule has 2 rings (SSSR count). The van der Waals surface area contributed by atoms with Gasteiger partial charge < -0.3 is 14.7 Å². The van der Waals surface area contributed by atoms with Crippen molar-refractivity contribution >= 4 is 0 Å². The van der Waals surface area contributed by atoms with E-state index in [1.54, 1.807) is 0 Å². The number of hydrogen-bond donors (Lipinski definition) is 0. The second kappa shape index (κ2) is 7.94. The molecule has 0 aromatic heterocycles. The third-order valence-corrected chi connectivity index (χ3v) is 5.81. The molecular weight excluding hydrogens is 258 g/mol. The number of nitrogens with zero attached hydrogens (tertiary/aromatic N) is 3. The summed E-state index contributed by atoms with van der Waals surface area (Å²) in [4.78, 5) is 7.83. The van der Waals surface area contributed by atoms with Crippen LogP contribution in [0.2, 0.25) is 0 Å². The molecule has 2 fully saturated rings. The van der Waals surface area contributed by atoms with E-state index in [1.807, 2.05) is 0 Å². The van der Waals surface area contributed by atoms with Gasteiger partial charge in [-0.3, -0.25) is 0 Å². The molecule has 0 aromatic rings. The molecule has 3 nitrogen and oxygen atoms in total. The molecule has 124 valence electrons. The first kappa shape index (κ1) is 17.2. The summed E-state index contributed by atoms with van der Waals surface area (Å²) in [6, 6.07) is 2.30. The minimum absolute atomic E-state index is 0.721. The Balaban J connectivity index is 1.75. The highest BCUT2D eigenvalue weighted by Crippen LogP contribution is 2.26. The molecule has 0 aromatic carbocycles. The molecule has 2 atom stereocenters. The van der Waals surface area contributed by atoms with Crippen LogP contribution in [-0.4, -0.2) is 73.1 Å². The third-order valence-electron chi connectivity index (χ3n) is 5.81. The predicted octanol–water partition coefficient (Wildman–Crippen LogP) is 2.91. The van der Waals surface area contributed by atoms with Gasteiger partial charge in [-0.05, 0) is 92.5 Å². The van der Waals surface area contributed by atoms with Crippen molar-refractivity contribution in [2.75, 3.05) is 40.3 Å². The Labute approximate surface area is 132 Å². The monoisotopic (exact) mass is 295 g/mol. The van der Waals surface area contributed by atoms with E-state index in [1.165, 1.54) is 58.3 Å². The van der Waals surface area contributed by atoms with Crippen molar-refractivity contribution < 1.29 is 0 Å². The van der Waals surface area contributed by atoms with Gasteiger partial charge in [0.15, 0.2) is 0 Å². The molecule has 2 aliphatic heterocycles. The second-order valence-corrected chi connectivity index (χ2v) is 7.91. The molecule has 2 unspecified atom stereocenters. The van der Waals surface area contributed by atoms with E-state index >= 15 is 0 Å². The maximum Gasteiger partial charge on any atom is 0.0113 e. The third kappa shape index (κ3) is 4.94. The molecule has 2 heterocycles. The second-order valence-electron chi connectivity index (χ2n) is 7.91. The maximum absolute atomic E-state index is 2.74. The van der Waals surface area contributed by atoms with Crippen LogP contribution in [0.15, 0.2) is 0 Å². The lowest BCUT2D eigenvalue weighted by Gasteiger charge is -2.41. The molecule has 2 saturated heterocycles. The molecule has 3 heteroatoms. The van der Waals surface area contributed by atoms with E-state index in [9.17, 15) is 0 Å². The highest BCUT2D eigenvalue weighted by atomic mass is 15.2. The zero-order valence-corrected chi connectivity index (χ0v) is 15.0. The molecular formula is C18H37N3. The molecule has 0 N–H and O–H groups in total. The van der Waals surface area contributed by atoms with Crippen molar-refractivity contribution in [3.05, 3.63) is 0 Å². The molecule has 0 bridgehead atoms. The van der Waals surface area contributed by atoms with Gasteiger partial charge in [0, 0.05) is 24.7 Å². The van der Waals surface area contributed by atoms with E-state index in [4.69, 9.17) is 0 Å². The van der Waals surface area contributed by atoms with Crippen molar-refractivity contribution in [2.45, 2.75) is 71.0 Å². The van der Waals surface area contributed by atoms with Gasteiger partial charge in [0.25, 0.3) is 0 Å². The van der Waals surface area contributed by atoms with E-state index < -0.39 is 0 Å². The Morgan fingerprint density at radius 2 is 1.62 bits per heavy atom. The SMILES string of the molecule is CC(C)N1CCCC(CC(C)N2CCC(N(C)C)CC2)C1. The zero-order chi connectivity index (χ0) is 15.4. The van der Waals surface area contributed by atoms with Gasteiger partial charge in [-0.15, -0.1) is 0 Å². The van der Waals surface area contributed by atoms with Crippen molar-refractivity contribution in [1.82, 2.24) is 14.7 Å². The van der Waals surface area contributed by atoms with Crippen molar-refractivity contribution in [2.24, 2.45) is 5.92 Å². The molecule has 0 radical (unpaired) electrons. The van der Waals surface area contributed by atoms with Crippen LogP contribution in [0.3, 0.4) is 0 Å². The maximum atomic E-state index is 2.74. The Hall–Kier alpha value is -0.120. The van der Waals surface area contributed by atoms with Crippen LogP contribution in [0.5, 0.6) is 0 Å². The fourth-order valence-electron chi connectivity index (χ4n) is 4.23. The molecule has 0 aliphatic carbocycles. The Bertz CT molecular complexity index is 295. The minimum Gasteiger partial charge on any atom is -0.306 e.